The Morgan fingerprint density at radius 2 is 1.78 bits per heavy atom. The van der Waals surface area contributed by atoms with Gasteiger partial charge in [-0.1, -0.05) is 11.6 Å². The summed E-state index contributed by atoms with van der Waals surface area (Å²) in [7, 11) is 1.32. The number of nitrogens with zero attached hydrogens (tertiary/aromatic N) is 1. The lowest BCUT2D eigenvalue weighted by Crippen LogP contribution is -2.04. The number of hydrogen-bond donors (Lipinski definition) is 0. The number of ether oxygens (including phenoxy) is 1. The largest absolute Gasteiger partial charge is 0.465 e. The molecule has 3 aromatic rings. The van der Waals surface area contributed by atoms with Gasteiger partial charge in [0.25, 0.3) is 0 Å². The summed E-state index contributed by atoms with van der Waals surface area (Å²) in [5.41, 5.74) is 2.92. The smallest absolute Gasteiger partial charge is 0.340 e. The number of methoxy groups -OCH3 is 1. The highest BCUT2D eigenvalue weighted by Gasteiger charge is 2.21. The van der Waals surface area contributed by atoms with E-state index < -0.39 is 5.97 Å². The van der Waals surface area contributed by atoms with E-state index in [1.807, 2.05) is 19.1 Å². The lowest BCUT2D eigenvalue weighted by atomic mass is 10.1. The van der Waals surface area contributed by atoms with Gasteiger partial charge in [-0.25, -0.2) is 4.79 Å². The second-order valence-corrected chi connectivity index (χ2v) is 5.67. The summed E-state index contributed by atoms with van der Waals surface area (Å²) >= 11 is 5.86. The first kappa shape index (κ1) is 15.3. The van der Waals surface area contributed by atoms with Crippen molar-refractivity contribution in [2.75, 3.05) is 7.11 Å². The van der Waals surface area contributed by atoms with Gasteiger partial charge >= 0.3 is 5.97 Å². The summed E-state index contributed by atoms with van der Waals surface area (Å²) in [5, 5.41) is 0.562. The number of carbonyl (C=O) groups excluding carboxylic acids is 2. The summed E-state index contributed by atoms with van der Waals surface area (Å²) in [6.45, 7) is 1.93. The molecule has 0 spiro atoms. The number of halogens is 1. The van der Waals surface area contributed by atoms with Gasteiger partial charge in [-0.2, -0.15) is 0 Å². The third-order valence-electron chi connectivity index (χ3n) is 3.67. The molecule has 0 saturated heterocycles. The molecule has 116 valence electrons. The minimum Gasteiger partial charge on any atom is -0.465 e. The van der Waals surface area contributed by atoms with Crippen LogP contribution < -0.4 is 0 Å². The van der Waals surface area contributed by atoms with Crippen LogP contribution in [0, 0.1) is 6.92 Å². The average Bonchev–Trinajstić information content (AvgIpc) is 2.92. The monoisotopic (exact) mass is 327 g/mol. The Morgan fingerprint density at radius 1 is 1.09 bits per heavy atom. The van der Waals surface area contributed by atoms with Crippen LogP contribution in [0.15, 0.2) is 48.7 Å². The van der Waals surface area contributed by atoms with Crippen molar-refractivity contribution in [3.63, 3.8) is 0 Å². The van der Waals surface area contributed by atoms with Gasteiger partial charge in [-0.3, -0.25) is 4.79 Å². The highest BCUT2D eigenvalue weighted by Crippen LogP contribution is 2.22. The first-order valence-electron chi connectivity index (χ1n) is 7.01. The van der Waals surface area contributed by atoms with E-state index in [1.165, 1.54) is 7.11 Å². The molecule has 1 aromatic carbocycles. The molecule has 4 nitrogen and oxygen atoms in total. The van der Waals surface area contributed by atoms with Gasteiger partial charge in [0.05, 0.1) is 23.9 Å². The minimum atomic E-state index is -0.469. The van der Waals surface area contributed by atoms with Gasteiger partial charge in [-0.05, 0) is 55.0 Å². The van der Waals surface area contributed by atoms with Gasteiger partial charge in [0.1, 0.15) is 0 Å². The molecule has 2 heterocycles. The lowest BCUT2D eigenvalue weighted by molar-refractivity contribution is 0.0603. The molecular weight excluding hydrogens is 314 g/mol. The van der Waals surface area contributed by atoms with Crippen LogP contribution in [-0.2, 0) is 4.74 Å². The van der Waals surface area contributed by atoms with Gasteiger partial charge in [0.2, 0.25) is 5.78 Å². The second kappa shape index (κ2) is 5.89. The van der Waals surface area contributed by atoms with E-state index in [4.69, 9.17) is 16.3 Å². The van der Waals surface area contributed by atoms with Crippen LogP contribution in [0.1, 0.15) is 32.0 Å². The molecule has 0 amide bonds. The van der Waals surface area contributed by atoms with Crippen LogP contribution >= 0.6 is 11.6 Å². The van der Waals surface area contributed by atoms with E-state index in [-0.39, 0.29) is 5.78 Å². The number of esters is 1. The molecule has 0 atom stereocenters. The van der Waals surface area contributed by atoms with Crippen molar-refractivity contribution in [1.82, 2.24) is 4.40 Å². The molecule has 0 fully saturated rings. The molecule has 2 aromatic heterocycles. The van der Waals surface area contributed by atoms with Crippen molar-refractivity contribution in [2.24, 2.45) is 0 Å². The van der Waals surface area contributed by atoms with E-state index in [9.17, 15) is 9.59 Å². The Morgan fingerprint density at radius 3 is 2.43 bits per heavy atom. The fourth-order valence-electron chi connectivity index (χ4n) is 2.50. The molecule has 0 aliphatic rings. The zero-order valence-electron chi connectivity index (χ0n) is 12.7. The molecule has 0 bridgehead atoms. The highest BCUT2D eigenvalue weighted by atomic mass is 35.5. The summed E-state index contributed by atoms with van der Waals surface area (Å²) in [5.74, 6) is -0.654. The van der Waals surface area contributed by atoms with Gasteiger partial charge < -0.3 is 9.14 Å². The first-order valence-corrected chi connectivity index (χ1v) is 7.39. The van der Waals surface area contributed by atoms with Crippen LogP contribution in [0.4, 0.5) is 0 Å². The van der Waals surface area contributed by atoms with E-state index in [0.717, 1.165) is 5.56 Å². The second-order valence-electron chi connectivity index (χ2n) is 5.23. The zero-order chi connectivity index (χ0) is 16.6. The zero-order valence-corrected chi connectivity index (χ0v) is 13.4. The number of benzene rings is 1. The maximum Gasteiger partial charge on any atom is 0.340 e. The number of fused-ring (bicyclic) bond motifs is 1. The summed E-state index contributed by atoms with van der Waals surface area (Å²) in [6, 6.07) is 12.0. The molecule has 23 heavy (non-hydrogen) atoms. The number of aryl methyl sites for hydroxylation is 1. The molecule has 0 saturated carbocycles. The topological polar surface area (TPSA) is 47.8 Å². The highest BCUT2D eigenvalue weighted by molar-refractivity contribution is 6.30. The molecule has 0 aliphatic heterocycles. The Hall–Kier alpha value is -2.59. The average molecular weight is 328 g/mol. The standard InChI is InChI=1S/C18H14ClNO3/c1-11-7-8-20-15(9-11)14(18(22)23-2)10-16(20)17(21)12-3-5-13(19)6-4-12/h3-10H,1-2H3. The van der Waals surface area contributed by atoms with E-state index in [0.29, 0.717) is 27.4 Å². The fourth-order valence-corrected chi connectivity index (χ4v) is 2.63. The minimum absolute atomic E-state index is 0.185. The number of hydrogen-bond acceptors (Lipinski definition) is 3. The van der Waals surface area contributed by atoms with Crippen molar-refractivity contribution in [2.45, 2.75) is 6.92 Å². The molecule has 0 aliphatic carbocycles. The Labute approximate surface area is 138 Å². The predicted octanol–water partition coefficient (Wildman–Crippen LogP) is 3.92. The van der Waals surface area contributed by atoms with Gasteiger partial charge in [0, 0.05) is 16.8 Å². The van der Waals surface area contributed by atoms with Crippen molar-refractivity contribution in [3.8, 4) is 0 Å². The number of pyridine rings is 1. The van der Waals surface area contributed by atoms with Crippen LogP contribution in [0.5, 0.6) is 0 Å². The first-order chi connectivity index (χ1) is 11.0. The predicted molar refractivity (Wildman–Crippen MR) is 88.4 cm³/mol. The quantitative estimate of drug-likeness (QED) is 0.541. The van der Waals surface area contributed by atoms with Gasteiger partial charge in [0.15, 0.2) is 0 Å². The van der Waals surface area contributed by atoms with E-state index in [1.54, 1.807) is 40.9 Å². The van der Waals surface area contributed by atoms with Crippen molar-refractivity contribution in [1.29, 1.82) is 0 Å². The number of carbonyl (C=O) groups is 2. The van der Waals surface area contributed by atoms with Crippen molar-refractivity contribution < 1.29 is 14.3 Å². The van der Waals surface area contributed by atoms with E-state index in [2.05, 4.69) is 0 Å². The van der Waals surface area contributed by atoms with E-state index >= 15 is 0 Å². The molecule has 3 rings (SSSR count). The third kappa shape index (κ3) is 2.73. The lowest BCUT2D eigenvalue weighted by Gasteiger charge is -2.04. The number of aromatic nitrogens is 1. The Kier molecular flexibility index (Phi) is 3.92. The van der Waals surface area contributed by atoms with Crippen LogP contribution in [0.3, 0.4) is 0 Å². The van der Waals surface area contributed by atoms with Crippen LogP contribution in [-0.4, -0.2) is 23.3 Å². The Bertz CT molecular complexity index is 910. The SMILES string of the molecule is COC(=O)c1cc(C(=O)c2ccc(Cl)cc2)n2ccc(C)cc12. The molecule has 0 radical (unpaired) electrons. The number of rotatable bonds is 3. The van der Waals surface area contributed by atoms with Crippen LogP contribution in [0.2, 0.25) is 5.02 Å². The summed E-state index contributed by atoms with van der Waals surface area (Å²) in [6.07, 6.45) is 1.78. The summed E-state index contributed by atoms with van der Waals surface area (Å²) in [4.78, 5) is 24.8. The van der Waals surface area contributed by atoms with Gasteiger partial charge in [-0.15, -0.1) is 0 Å². The maximum absolute atomic E-state index is 12.8. The Balaban J connectivity index is 2.19. The molecule has 5 heteroatoms. The summed E-state index contributed by atoms with van der Waals surface area (Å²) < 4.78 is 6.52. The number of ketones is 1. The third-order valence-corrected chi connectivity index (χ3v) is 3.92. The van der Waals surface area contributed by atoms with Crippen LogP contribution in [0.25, 0.3) is 5.52 Å². The molecule has 0 unspecified atom stereocenters. The normalized spacial score (nSPS) is 10.7. The maximum atomic E-state index is 12.8. The molecular formula is C18H14ClNO3. The van der Waals surface area contributed by atoms with Crippen molar-refractivity contribution in [3.05, 3.63) is 76.1 Å². The van der Waals surface area contributed by atoms with Crippen molar-refractivity contribution >= 4 is 28.9 Å². The molecule has 0 N–H and O–H groups in total. The fraction of sp³-hybridized carbons (Fsp3) is 0.111.